The van der Waals surface area contributed by atoms with Crippen molar-refractivity contribution >= 4 is 23.2 Å². The van der Waals surface area contributed by atoms with Crippen molar-refractivity contribution in [1.82, 2.24) is 35.3 Å². The second kappa shape index (κ2) is 11.6. The number of tetrazole rings is 1. The number of rotatable bonds is 10. The Bertz CT molecular complexity index is 1370. The Hall–Kier alpha value is -3.95. The molecule has 0 unspecified atom stereocenters. The van der Waals surface area contributed by atoms with Gasteiger partial charge in [0.05, 0.1) is 0 Å². The summed E-state index contributed by atoms with van der Waals surface area (Å²) < 4.78 is 0. The van der Waals surface area contributed by atoms with Crippen LogP contribution in [-0.4, -0.2) is 79.6 Å². The van der Waals surface area contributed by atoms with Crippen LogP contribution in [0.5, 0.6) is 0 Å². The summed E-state index contributed by atoms with van der Waals surface area (Å²) in [5.41, 5.74) is 5.22. The van der Waals surface area contributed by atoms with Gasteiger partial charge in [-0.2, -0.15) is 5.21 Å². The van der Waals surface area contributed by atoms with Crippen molar-refractivity contribution in [3.63, 3.8) is 0 Å². The van der Waals surface area contributed by atoms with E-state index in [9.17, 15) is 4.79 Å². The first-order valence-corrected chi connectivity index (χ1v) is 13.1. The highest BCUT2D eigenvalue weighted by Crippen LogP contribution is 2.30. The highest BCUT2D eigenvalue weighted by molar-refractivity contribution is 7.80. The number of thiocarbonyl (C=S) groups is 1. The van der Waals surface area contributed by atoms with E-state index in [0.29, 0.717) is 30.4 Å². The fourth-order valence-electron chi connectivity index (χ4n) is 4.85. The van der Waals surface area contributed by atoms with E-state index in [1.165, 1.54) is 0 Å². The van der Waals surface area contributed by atoms with Gasteiger partial charge < -0.3 is 9.80 Å². The number of nitrogens with zero attached hydrogens (tertiary/aromatic N) is 6. The molecule has 38 heavy (non-hydrogen) atoms. The first kappa shape index (κ1) is 25.7. The van der Waals surface area contributed by atoms with Gasteiger partial charge in [0.2, 0.25) is 5.82 Å². The summed E-state index contributed by atoms with van der Waals surface area (Å²) in [4.78, 5) is 19.6. The number of aromatic nitrogens is 4. The van der Waals surface area contributed by atoms with E-state index in [2.05, 4.69) is 72.9 Å². The number of carbonyl (C=O) groups excluding carboxylic acids is 1. The van der Waals surface area contributed by atoms with E-state index in [-0.39, 0.29) is 11.9 Å². The number of carbonyl (C=O) groups is 1. The molecule has 0 bridgehead atoms. The van der Waals surface area contributed by atoms with Gasteiger partial charge >= 0.3 is 0 Å². The van der Waals surface area contributed by atoms with Gasteiger partial charge in [0.25, 0.3) is 5.91 Å². The predicted octanol–water partition coefficient (Wildman–Crippen LogP) is 4.03. The molecule has 2 heterocycles. The Morgan fingerprint density at radius 3 is 2.32 bits per heavy atom. The summed E-state index contributed by atoms with van der Waals surface area (Å²) >= 11 is 5.87. The molecule has 0 aliphatic carbocycles. The lowest BCUT2D eigenvalue weighted by Gasteiger charge is -2.24. The zero-order valence-electron chi connectivity index (χ0n) is 21.6. The number of H-pyrrole nitrogens is 1. The molecule has 8 nitrogen and oxygen atoms in total. The van der Waals surface area contributed by atoms with Gasteiger partial charge in [0.15, 0.2) is 5.11 Å². The average Bonchev–Trinajstić information content (AvgIpc) is 3.54. The van der Waals surface area contributed by atoms with E-state index >= 15 is 0 Å². The van der Waals surface area contributed by atoms with Crippen LogP contribution in [0.3, 0.4) is 0 Å². The largest absolute Gasteiger partial charge is 0.332 e. The summed E-state index contributed by atoms with van der Waals surface area (Å²) in [7, 11) is 4.08. The second-order valence-electron chi connectivity index (χ2n) is 9.74. The molecule has 9 heteroatoms. The smallest absolute Gasteiger partial charge is 0.251 e. The van der Waals surface area contributed by atoms with Crippen LogP contribution in [0.4, 0.5) is 0 Å². The molecule has 194 valence electrons. The Labute approximate surface area is 228 Å². The fourth-order valence-corrected chi connectivity index (χ4v) is 5.22. The molecule has 1 atom stereocenters. The van der Waals surface area contributed by atoms with Crippen molar-refractivity contribution in [3.05, 3.63) is 90.0 Å². The Morgan fingerprint density at radius 2 is 1.63 bits per heavy atom. The van der Waals surface area contributed by atoms with Gasteiger partial charge in [0, 0.05) is 25.1 Å². The maximum absolute atomic E-state index is 13.5. The first-order chi connectivity index (χ1) is 18.5. The van der Waals surface area contributed by atoms with Crippen molar-refractivity contribution in [1.29, 1.82) is 0 Å². The standard InChI is InChI=1S/C29H31N7OS/c1-34(2)17-8-18-35-28(37)26(19-21-9-4-3-5-10-21)36(29(35)38)20-22-13-15-23(16-14-22)24-11-6-7-12-25(24)27-30-32-33-31-27/h3-7,9-16,26H,8,17-20H2,1-2H3,(H,30,31,32,33)/t26-/m0/s1. The van der Waals surface area contributed by atoms with Gasteiger partial charge in [0.1, 0.15) is 6.04 Å². The van der Waals surface area contributed by atoms with Gasteiger partial charge in [-0.25, -0.2) is 0 Å². The molecule has 0 radical (unpaired) electrons. The third kappa shape index (κ3) is 5.64. The van der Waals surface area contributed by atoms with Crippen molar-refractivity contribution in [2.75, 3.05) is 27.2 Å². The molecule has 1 saturated heterocycles. The third-order valence-electron chi connectivity index (χ3n) is 6.79. The van der Waals surface area contributed by atoms with Crippen LogP contribution >= 0.6 is 12.2 Å². The Kier molecular flexibility index (Phi) is 7.86. The minimum Gasteiger partial charge on any atom is -0.332 e. The number of nitrogens with one attached hydrogen (secondary N) is 1. The summed E-state index contributed by atoms with van der Waals surface area (Å²) in [6.07, 6.45) is 1.50. The normalized spacial score (nSPS) is 15.6. The Morgan fingerprint density at radius 1 is 0.921 bits per heavy atom. The molecule has 1 amide bonds. The number of amides is 1. The summed E-state index contributed by atoms with van der Waals surface area (Å²) in [6, 6.07) is 26.2. The zero-order valence-corrected chi connectivity index (χ0v) is 22.4. The molecule has 1 N–H and O–H groups in total. The lowest BCUT2D eigenvalue weighted by atomic mass is 9.98. The van der Waals surface area contributed by atoms with Crippen LogP contribution in [0.1, 0.15) is 17.5 Å². The minimum absolute atomic E-state index is 0.0864. The number of hydrogen-bond acceptors (Lipinski definition) is 6. The van der Waals surface area contributed by atoms with Crippen LogP contribution in [0.2, 0.25) is 0 Å². The second-order valence-corrected chi connectivity index (χ2v) is 10.1. The monoisotopic (exact) mass is 525 g/mol. The molecule has 1 aromatic heterocycles. The van der Waals surface area contributed by atoms with Gasteiger partial charge in [-0.15, -0.1) is 10.2 Å². The van der Waals surface area contributed by atoms with Crippen molar-refractivity contribution < 1.29 is 4.79 Å². The number of hydrogen-bond donors (Lipinski definition) is 1. The van der Waals surface area contributed by atoms with Crippen LogP contribution in [0, 0.1) is 0 Å². The highest BCUT2D eigenvalue weighted by Gasteiger charge is 2.41. The fraction of sp³-hybridized carbons (Fsp3) is 0.276. The maximum atomic E-state index is 13.5. The highest BCUT2D eigenvalue weighted by atomic mass is 32.1. The molecule has 3 aromatic carbocycles. The lowest BCUT2D eigenvalue weighted by molar-refractivity contribution is -0.128. The summed E-state index contributed by atoms with van der Waals surface area (Å²) in [5, 5.41) is 15.1. The van der Waals surface area contributed by atoms with Crippen molar-refractivity contribution in [2.45, 2.75) is 25.4 Å². The van der Waals surface area contributed by atoms with E-state index < -0.39 is 0 Å². The maximum Gasteiger partial charge on any atom is 0.251 e. The van der Waals surface area contributed by atoms with Crippen LogP contribution < -0.4 is 0 Å². The predicted molar refractivity (Wildman–Crippen MR) is 152 cm³/mol. The molecule has 1 aliphatic rings. The minimum atomic E-state index is -0.317. The lowest BCUT2D eigenvalue weighted by Crippen LogP contribution is -2.36. The van der Waals surface area contributed by atoms with E-state index in [1.54, 1.807) is 4.90 Å². The molecular weight excluding hydrogens is 494 g/mol. The van der Waals surface area contributed by atoms with Crippen LogP contribution in [-0.2, 0) is 17.8 Å². The van der Waals surface area contributed by atoms with E-state index in [1.807, 2.05) is 50.5 Å². The van der Waals surface area contributed by atoms with E-state index in [4.69, 9.17) is 12.2 Å². The Balaban J connectivity index is 1.37. The number of benzene rings is 3. The van der Waals surface area contributed by atoms with Crippen molar-refractivity contribution in [3.8, 4) is 22.5 Å². The molecule has 5 rings (SSSR count). The molecule has 0 saturated carbocycles. The van der Waals surface area contributed by atoms with Crippen LogP contribution in [0.25, 0.3) is 22.5 Å². The average molecular weight is 526 g/mol. The topological polar surface area (TPSA) is 81.2 Å². The molecule has 4 aromatic rings. The third-order valence-corrected chi connectivity index (χ3v) is 7.25. The van der Waals surface area contributed by atoms with Gasteiger partial charge in [-0.05, 0) is 66.7 Å². The quantitative estimate of drug-likeness (QED) is 0.313. The zero-order chi connectivity index (χ0) is 26.5. The SMILES string of the molecule is CN(C)CCCN1C(=O)[C@H](Cc2ccccc2)N(Cc2ccc(-c3ccccc3-c3nn[nH]n3)cc2)C1=S. The van der Waals surface area contributed by atoms with Gasteiger partial charge in [-0.3, -0.25) is 9.69 Å². The molecule has 0 spiro atoms. The molecule has 1 fully saturated rings. The van der Waals surface area contributed by atoms with Gasteiger partial charge in [-0.1, -0.05) is 78.9 Å². The van der Waals surface area contributed by atoms with Crippen molar-refractivity contribution in [2.24, 2.45) is 0 Å². The van der Waals surface area contributed by atoms with Crippen LogP contribution in [0.15, 0.2) is 78.9 Å². The first-order valence-electron chi connectivity index (χ1n) is 12.7. The summed E-state index contributed by atoms with van der Waals surface area (Å²) in [5.74, 6) is 0.645. The number of aromatic amines is 1. The summed E-state index contributed by atoms with van der Waals surface area (Å²) in [6.45, 7) is 2.10. The molecular formula is C29H31N7OS. The molecule has 1 aliphatic heterocycles. The van der Waals surface area contributed by atoms with E-state index in [0.717, 1.165) is 40.8 Å².